The fourth-order valence-corrected chi connectivity index (χ4v) is 4.07. The predicted octanol–water partition coefficient (Wildman–Crippen LogP) is 3.19. The van der Waals surface area contributed by atoms with Crippen molar-refractivity contribution in [3.8, 4) is 0 Å². The fourth-order valence-electron chi connectivity index (χ4n) is 2.24. The minimum Gasteiger partial charge on any atom is -0.369 e. The second-order valence-corrected chi connectivity index (χ2v) is 6.87. The van der Waals surface area contributed by atoms with Gasteiger partial charge in [0.05, 0.1) is 12.3 Å². The van der Waals surface area contributed by atoms with E-state index in [0.29, 0.717) is 0 Å². The van der Waals surface area contributed by atoms with Gasteiger partial charge in [-0.05, 0) is 5.56 Å². The van der Waals surface area contributed by atoms with Crippen molar-refractivity contribution in [2.24, 2.45) is 5.73 Å². The molecule has 1 aliphatic heterocycles. The molecule has 1 fully saturated rings. The normalized spacial score (nSPS) is 20.8. The molecule has 20 heavy (non-hydrogen) atoms. The Morgan fingerprint density at radius 2 is 2.20 bits per heavy atom. The van der Waals surface area contributed by atoms with Crippen LogP contribution in [0.15, 0.2) is 35.7 Å². The first-order chi connectivity index (χ1) is 9.83. The van der Waals surface area contributed by atoms with Crippen molar-refractivity contribution in [1.82, 2.24) is 4.98 Å². The van der Waals surface area contributed by atoms with Gasteiger partial charge < -0.3 is 10.5 Å². The summed E-state index contributed by atoms with van der Waals surface area (Å²) in [5.41, 5.74) is 8.47. The van der Waals surface area contributed by atoms with Crippen LogP contribution in [0.1, 0.15) is 28.4 Å². The molecule has 2 N–H and O–H groups in total. The Bertz CT molecular complexity index is 538. The molecule has 2 unspecified atom stereocenters. The van der Waals surface area contributed by atoms with Gasteiger partial charge >= 0.3 is 0 Å². The van der Waals surface area contributed by atoms with Crippen LogP contribution >= 0.6 is 23.1 Å². The lowest BCUT2D eigenvalue weighted by Gasteiger charge is -2.19. The number of nitrogens with zero attached hydrogens (tertiary/aromatic N) is 1. The van der Waals surface area contributed by atoms with Gasteiger partial charge in [0, 0.05) is 29.3 Å². The molecule has 0 aliphatic carbocycles. The highest BCUT2D eigenvalue weighted by Gasteiger charge is 2.20. The lowest BCUT2D eigenvalue weighted by Crippen LogP contribution is -2.16. The van der Waals surface area contributed by atoms with Gasteiger partial charge in [0.25, 0.3) is 0 Å². The highest BCUT2D eigenvalue weighted by Crippen LogP contribution is 2.29. The standard InChI is InChI=1S/C15H18N2OS2/c16-13(11-4-2-1-3-5-11)8-12-9-20-15(17-12)14-10-19-7-6-18-14/h1-5,9,13-14H,6-8,10,16H2. The van der Waals surface area contributed by atoms with Crippen molar-refractivity contribution >= 4 is 23.1 Å². The van der Waals surface area contributed by atoms with Crippen LogP contribution in [-0.2, 0) is 11.2 Å². The molecule has 0 spiro atoms. The minimum atomic E-state index is 0.00722. The van der Waals surface area contributed by atoms with Gasteiger partial charge in [-0.15, -0.1) is 11.3 Å². The molecule has 1 aliphatic rings. The Kier molecular flexibility index (Phi) is 4.73. The highest BCUT2D eigenvalue weighted by atomic mass is 32.2. The molecule has 1 aromatic heterocycles. The molecule has 3 rings (SSSR count). The lowest BCUT2D eigenvalue weighted by molar-refractivity contribution is 0.0754. The number of hydrogen-bond donors (Lipinski definition) is 1. The van der Waals surface area contributed by atoms with Gasteiger partial charge in [-0.3, -0.25) is 0 Å². The molecule has 0 bridgehead atoms. The van der Waals surface area contributed by atoms with Crippen LogP contribution in [0, 0.1) is 0 Å². The summed E-state index contributed by atoms with van der Waals surface area (Å²) in [6, 6.07) is 10.2. The maximum absolute atomic E-state index is 6.24. The summed E-state index contributed by atoms with van der Waals surface area (Å²) in [6.45, 7) is 0.827. The summed E-state index contributed by atoms with van der Waals surface area (Å²) in [4.78, 5) is 4.70. The number of hydrogen-bond acceptors (Lipinski definition) is 5. The van der Waals surface area contributed by atoms with Crippen LogP contribution in [0.4, 0.5) is 0 Å². The summed E-state index contributed by atoms with van der Waals surface area (Å²) in [7, 11) is 0. The zero-order valence-electron chi connectivity index (χ0n) is 11.2. The molecule has 1 saturated heterocycles. The molecule has 0 saturated carbocycles. The van der Waals surface area contributed by atoms with E-state index >= 15 is 0 Å². The topological polar surface area (TPSA) is 48.1 Å². The average Bonchev–Trinajstić information content (AvgIpc) is 2.97. The van der Waals surface area contributed by atoms with Crippen molar-refractivity contribution in [3.63, 3.8) is 0 Å². The molecule has 1 aromatic carbocycles. The van der Waals surface area contributed by atoms with Crippen LogP contribution < -0.4 is 5.73 Å². The van der Waals surface area contributed by atoms with E-state index in [1.807, 2.05) is 30.0 Å². The first kappa shape index (κ1) is 14.1. The van der Waals surface area contributed by atoms with Gasteiger partial charge in [-0.2, -0.15) is 11.8 Å². The van der Waals surface area contributed by atoms with E-state index in [-0.39, 0.29) is 12.1 Å². The van der Waals surface area contributed by atoms with Crippen LogP contribution in [0.2, 0.25) is 0 Å². The van der Waals surface area contributed by atoms with Crippen molar-refractivity contribution in [2.75, 3.05) is 18.1 Å². The lowest BCUT2D eigenvalue weighted by atomic mass is 10.0. The number of thioether (sulfide) groups is 1. The van der Waals surface area contributed by atoms with E-state index in [9.17, 15) is 0 Å². The van der Waals surface area contributed by atoms with E-state index in [2.05, 4.69) is 17.5 Å². The highest BCUT2D eigenvalue weighted by molar-refractivity contribution is 7.99. The van der Waals surface area contributed by atoms with Crippen LogP contribution in [0.3, 0.4) is 0 Å². The SMILES string of the molecule is NC(Cc1csc(C2CSCCO2)n1)c1ccccc1. The minimum absolute atomic E-state index is 0.00722. The maximum atomic E-state index is 6.24. The number of thiazole rings is 1. The third-order valence-corrected chi connectivity index (χ3v) is 5.30. The summed E-state index contributed by atoms with van der Waals surface area (Å²) in [5.74, 6) is 2.10. The van der Waals surface area contributed by atoms with Gasteiger partial charge in [0.2, 0.25) is 0 Å². The van der Waals surface area contributed by atoms with Crippen LogP contribution in [0.5, 0.6) is 0 Å². The third kappa shape index (κ3) is 3.41. The Morgan fingerprint density at radius 1 is 1.35 bits per heavy atom. The Morgan fingerprint density at radius 3 is 2.95 bits per heavy atom. The van der Waals surface area contributed by atoms with Crippen molar-refractivity contribution < 1.29 is 4.74 Å². The van der Waals surface area contributed by atoms with E-state index in [1.165, 1.54) is 0 Å². The van der Waals surface area contributed by atoms with E-state index in [4.69, 9.17) is 15.5 Å². The van der Waals surface area contributed by atoms with Gasteiger partial charge in [-0.25, -0.2) is 4.98 Å². The number of ether oxygens (including phenoxy) is 1. The summed E-state index contributed by atoms with van der Waals surface area (Å²) in [6.07, 6.45) is 0.945. The van der Waals surface area contributed by atoms with Gasteiger partial charge in [0.15, 0.2) is 0 Å². The Labute approximate surface area is 127 Å². The maximum Gasteiger partial charge on any atom is 0.123 e. The summed E-state index contributed by atoms with van der Waals surface area (Å²) >= 11 is 3.62. The smallest absolute Gasteiger partial charge is 0.123 e. The van der Waals surface area contributed by atoms with Crippen molar-refractivity contribution in [1.29, 1.82) is 0 Å². The van der Waals surface area contributed by atoms with Crippen molar-refractivity contribution in [2.45, 2.75) is 18.6 Å². The van der Waals surface area contributed by atoms with Crippen LogP contribution in [0.25, 0.3) is 0 Å². The molecule has 2 atom stereocenters. The van der Waals surface area contributed by atoms with Crippen LogP contribution in [-0.4, -0.2) is 23.1 Å². The third-order valence-electron chi connectivity index (χ3n) is 3.32. The molecule has 2 aromatic rings. The summed E-state index contributed by atoms with van der Waals surface area (Å²) < 4.78 is 5.76. The van der Waals surface area contributed by atoms with Crippen molar-refractivity contribution in [3.05, 3.63) is 52.0 Å². The molecule has 5 heteroatoms. The molecule has 0 radical (unpaired) electrons. The second-order valence-electron chi connectivity index (χ2n) is 4.83. The zero-order chi connectivity index (χ0) is 13.8. The second kappa shape index (κ2) is 6.72. The number of nitrogens with two attached hydrogens (primary N) is 1. The van der Waals surface area contributed by atoms with E-state index < -0.39 is 0 Å². The molecule has 0 amide bonds. The fraction of sp³-hybridized carbons (Fsp3) is 0.400. The molecular weight excluding hydrogens is 288 g/mol. The zero-order valence-corrected chi connectivity index (χ0v) is 12.8. The van der Waals surface area contributed by atoms with E-state index in [0.717, 1.165) is 40.8 Å². The number of benzene rings is 1. The predicted molar refractivity (Wildman–Crippen MR) is 85.2 cm³/mol. The quantitative estimate of drug-likeness (QED) is 0.942. The largest absolute Gasteiger partial charge is 0.369 e. The van der Waals surface area contributed by atoms with E-state index in [1.54, 1.807) is 11.3 Å². The number of rotatable bonds is 4. The Hall–Kier alpha value is -0.880. The monoisotopic (exact) mass is 306 g/mol. The Balaban J connectivity index is 1.65. The first-order valence-electron chi connectivity index (χ1n) is 6.77. The first-order valence-corrected chi connectivity index (χ1v) is 8.80. The molecule has 106 valence electrons. The molecular formula is C15H18N2OS2. The molecule has 2 heterocycles. The molecule has 3 nitrogen and oxygen atoms in total. The van der Waals surface area contributed by atoms with Gasteiger partial charge in [0.1, 0.15) is 11.1 Å². The van der Waals surface area contributed by atoms with Gasteiger partial charge in [-0.1, -0.05) is 30.3 Å². The summed E-state index contributed by atoms with van der Waals surface area (Å²) in [5, 5.41) is 3.20. The number of aromatic nitrogens is 1. The average molecular weight is 306 g/mol.